The van der Waals surface area contributed by atoms with Crippen LogP contribution in [0.2, 0.25) is 0 Å². The Morgan fingerprint density at radius 3 is 2.93 bits per heavy atom. The molecule has 0 radical (unpaired) electrons. The van der Waals surface area contributed by atoms with Gasteiger partial charge in [0.15, 0.2) is 0 Å². The number of hydrogen-bond acceptors (Lipinski definition) is 1. The van der Waals surface area contributed by atoms with Crippen LogP contribution in [0.15, 0.2) is 0 Å². The Morgan fingerprint density at radius 2 is 2.20 bits per heavy atom. The van der Waals surface area contributed by atoms with E-state index in [0.29, 0.717) is 5.92 Å². The van der Waals surface area contributed by atoms with Crippen LogP contribution in [0.4, 0.5) is 0 Å². The van der Waals surface area contributed by atoms with E-state index < -0.39 is 0 Å². The molecule has 1 aliphatic rings. The van der Waals surface area contributed by atoms with Crippen molar-refractivity contribution in [2.45, 2.75) is 64.9 Å². The molecule has 1 unspecified atom stereocenters. The van der Waals surface area contributed by atoms with Crippen LogP contribution in [0.3, 0.4) is 0 Å². The smallest absolute Gasteiger partial charge is 0.0712 e. The van der Waals surface area contributed by atoms with Crippen LogP contribution in [0.1, 0.15) is 60.2 Å². The summed E-state index contributed by atoms with van der Waals surface area (Å²) in [5.74, 6) is 6.98. The molecule has 3 atom stereocenters. The molecule has 0 aromatic rings. The fourth-order valence-corrected chi connectivity index (χ4v) is 1.94. The summed E-state index contributed by atoms with van der Waals surface area (Å²) in [6.07, 6.45) is 7.85. The van der Waals surface area contributed by atoms with E-state index in [-0.39, 0.29) is 12.7 Å². The van der Waals surface area contributed by atoms with E-state index in [4.69, 9.17) is 6.11 Å². The molecule has 1 aliphatic carbocycles. The van der Waals surface area contributed by atoms with Crippen molar-refractivity contribution in [1.29, 1.82) is 0 Å². The minimum Gasteiger partial charge on any atom is -0.377 e. The van der Waals surface area contributed by atoms with E-state index in [9.17, 15) is 0 Å². The molecule has 0 spiro atoms. The van der Waals surface area contributed by atoms with Crippen molar-refractivity contribution in [3.8, 4) is 11.8 Å². The molecule has 0 aromatic carbocycles. The molecular weight excluding hydrogens is 184 g/mol. The van der Waals surface area contributed by atoms with Crippen molar-refractivity contribution in [2.24, 2.45) is 5.92 Å². The van der Waals surface area contributed by atoms with Gasteiger partial charge in [0.05, 0.1) is 7.47 Å². The van der Waals surface area contributed by atoms with Gasteiger partial charge in [0.25, 0.3) is 0 Å². The third-order valence-electron chi connectivity index (χ3n) is 2.83. The van der Waals surface area contributed by atoms with Crippen molar-refractivity contribution in [3.63, 3.8) is 0 Å². The van der Waals surface area contributed by atoms with Crippen LogP contribution in [-0.4, -0.2) is 12.7 Å². The number of hydrogen-bond donors (Lipinski definition) is 0. The maximum atomic E-state index is 7.65. The first-order valence-electron chi connectivity index (χ1n) is 6.91. The lowest BCUT2D eigenvalue weighted by Gasteiger charge is -2.14. The Morgan fingerprint density at radius 1 is 1.33 bits per heavy atom. The second-order valence-electron chi connectivity index (χ2n) is 4.21. The summed E-state index contributed by atoms with van der Waals surface area (Å²) in [5, 5.41) is 0. The third-order valence-corrected chi connectivity index (χ3v) is 2.83. The number of unbranched alkanes of at least 4 members (excludes halogenated alkanes) is 2. The van der Waals surface area contributed by atoms with Gasteiger partial charge in [-0.05, 0) is 32.1 Å². The Balaban J connectivity index is 2.35. The molecule has 0 N–H and O–H groups in total. The first-order chi connectivity index (χ1) is 7.77. The molecule has 1 nitrogen and oxygen atoms in total. The molecule has 0 saturated heterocycles. The average Bonchev–Trinajstić information content (AvgIpc) is 2.72. The number of ether oxygens (including phenoxy) is 1. The van der Waals surface area contributed by atoms with Crippen LogP contribution in [0, 0.1) is 17.8 Å². The van der Waals surface area contributed by atoms with Crippen LogP contribution in [0.5, 0.6) is 0 Å². The molecular formula is C14H24O. The van der Waals surface area contributed by atoms with Gasteiger partial charge >= 0.3 is 0 Å². The lowest BCUT2D eigenvalue weighted by Crippen LogP contribution is -2.17. The summed E-state index contributed by atoms with van der Waals surface area (Å²) in [6, 6.07) is 0. The lowest BCUT2D eigenvalue weighted by atomic mass is 10.1. The van der Waals surface area contributed by atoms with Crippen molar-refractivity contribution in [3.05, 3.63) is 0 Å². The quantitative estimate of drug-likeness (QED) is 0.494. The molecule has 0 bridgehead atoms. The van der Waals surface area contributed by atoms with Gasteiger partial charge in [0.2, 0.25) is 0 Å². The molecule has 1 saturated carbocycles. The summed E-state index contributed by atoms with van der Waals surface area (Å²) < 4.78 is 13.3. The van der Waals surface area contributed by atoms with Crippen LogP contribution < -0.4 is 0 Å². The number of rotatable bonds is 5. The van der Waals surface area contributed by atoms with Gasteiger partial charge in [-0.25, -0.2) is 0 Å². The Bertz CT molecular complexity index is 241. The zero-order chi connectivity index (χ0) is 11.8. The van der Waals surface area contributed by atoms with Gasteiger partial charge in [0, 0.05) is 18.9 Å². The summed E-state index contributed by atoms with van der Waals surface area (Å²) >= 11 is 0. The van der Waals surface area contributed by atoms with Crippen molar-refractivity contribution < 1.29 is 6.11 Å². The lowest BCUT2D eigenvalue weighted by molar-refractivity contribution is 0.0422. The zero-order valence-electron chi connectivity index (χ0n) is 11.1. The van der Waals surface area contributed by atoms with Gasteiger partial charge in [-0.3, -0.25) is 0 Å². The molecule has 0 heterocycles. The summed E-state index contributed by atoms with van der Waals surface area (Å²) in [4.78, 5) is 0. The predicted molar refractivity (Wildman–Crippen MR) is 64.7 cm³/mol. The van der Waals surface area contributed by atoms with Crippen molar-refractivity contribution in [1.82, 2.24) is 0 Å². The van der Waals surface area contributed by atoms with Gasteiger partial charge in [0.1, 0.15) is 0 Å². The molecule has 0 amide bonds. The predicted octanol–water partition coefficient (Wildman–Crippen LogP) is 3.78. The van der Waals surface area contributed by atoms with Crippen molar-refractivity contribution in [2.75, 3.05) is 6.58 Å². The maximum absolute atomic E-state index is 7.65. The highest BCUT2D eigenvalue weighted by Crippen LogP contribution is 2.27. The van der Waals surface area contributed by atoms with Gasteiger partial charge in [-0.1, -0.05) is 26.2 Å². The summed E-state index contributed by atoms with van der Waals surface area (Å²) in [7, 11) is 0. The minimum absolute atomic E-state index is 0.219. The highest BCUT2D eigenvalue weighted by molar-refractivity contribution is 5.07. The molecule has 1 rings (SSSR count). The fourth-order valence-electron chi connectivity index (χ4n) is 1.94. The Kier molecular flexibility index (Phi) is 5.70. The largest absolute Gasteiger partial charge is 0.377 e. The van der Waals surface area contributed by atoms with E-state index in [1.54, 1.807) is 0 Å². The SMILES string of the molecule is [2H]C(CC)O[C@@H]1CCC[C@@H]1C#CCCCC. The second kappa shape index (κ2) is 7.77. The van der Waals surface area contributed by atoms with E-state index in [1.807, 2.05) is 6.92 Å². The molecule has 0 aromatic heterocycles. The highest BCUT2D eigenvalue weighted by atomic mass is 16.5. The monoisotopic (exact) mass is 209 g/mol. The van der Waals surface area contributed by atoms with Gasteiger partial charge in [-0.2, -0.15) is 0 Å². The second-order valence-corrected chi connectivity index (χ2v) is 4.21. The van der Waals surface area contributed by atoms with E-state index in [2.05, 4.69) is 18.8 Å². The Labute approximate surface area is 96.0 Å². The zero-order valence-corrected chi connectivity index (χ0v) is 10.1. The minimum atomic E-state index is -0.358. The van der Waals surface area contributed by atoms with Crippen LogP contribution >= 0.6 is 0 Å². The van der Waals surface area contributed by atoms with Crippen molar-refractivity contribution >= 4 is 0 Å². The van der Waals surface area contributed by atoms with E-state index in [1.165, 1.54) is 19.3 Å². The van der Waals surface area contributed by atoms with E-state index in [0.717, 1.165) is 25.7 Å². The molecule has 1 fully saturated rings. The molecule has 86 valence electrons. The average molecular weight is 209 g/mol. The fraction of sp³-hybridized carbons (Fsp3) is 0.857. The van der Waals surface area contributed by atoms with Crippen LogP contribution in [-0.2, 0) is 4.74 Å². The van der Waals surface area contributed by atoms with Crippen LogP contribution in [0.25, 0.3) is 0 Å². The summed E-state index contributed by atoms with van der Waals surface area (Å²) in [5.41, 5.74) is 0. The molecule has 15 heavy (non-hydrogen) atoms. The van der Waals surface area contributed by atoms with Gasteiger partial charge < -0.3 is 4.74 Å². The topological polar surface area (TPSA) is 9.23 Å². The summed E-state index contributed by atoms with van der Waals surface area (Å²) in [6.45, 7) is 3.83. The standard InChI is InChI=1S/C14H24O/c1-3-5-6-7-9-13-10-8-11-14(13)15-12-4-2/h13-14H,3-6,8,10-12H2,1-2H3/t13-,14+/m0/s1/i12D/t12?,13-,14+. The third kappa shape index (κ3) is 4.71. The highest BCUT2D eigenvalue weighted by Gasteiger charge is 2.25. The first kappa shape index (κ1) is 11.0. The molecule has 0 aliphatic heterocycles. The first-order valence-corrected chi connectivity index (χ1v) is 6.34. The maximum Gasteiger partial charge on any atom is 0.0712 e. The Hall–Kier alpha value is -0.480. The molecule has 1 heteroatoms. The van der Waals surface area contributed by atoms with Gasteiger partial charge in [-0.15, -0.1) is 5.92 Å². The van der Waals surface area contributed by atoms with E-state index >= 15 is 0 Å². The normalized spacial score (nSPS) is 28.0.